The van der Waals surface area contributed by atoms with E-state index in [-0.39, 0.29) is 17.0 Å². The lowest BCUT2D eigenvalue weighted by Gasteiger charge is -2.13. The van der Waals surface area contributed by atoms with Crippen molar-refractivity contribution in [3.05, 3.63) is 57.8 Å². The number of methoxy groups -OCH3 is 2. The normalized spacial score (nSPS) is 14.3. The number of para-hydroxylation sites is 2. The Morgan fingerprint density at radius 3 is 2.56 bits per heavy atom. The molecule has 4 amide bonds. The molecule has 3 N–H and O–H groups in total. The van der Waals surface area contributed by atoms with Crippen molar-refractivity contribution >= 4 is 35.3 Å². The van der Waals surface area contributed by atoms with Gasteiger partial charge in [-0.3, -0.25) is 19.7 Å². The molecule has 0 bridgehead atoms. The summed E-state index contributed by atoms with van der Waals surface area (Å²) in [6.07, 6.45) is 1.06. The number of carbonyl (C=O) groups is 3. The van der Waals surface area contributed by atoms with Crippen molar-refractivity contribution in [3.63, 3.8) is 0 Å². The molecule has 12 heteroatoms. The molecule has 1 aliphatic heterocycles. The quantitative estimate of drug-likeness (QED) is 0.253. The van der Waals surface area contributed by atoms with Gasteiger partial charge in [-0.15, -0.1) is 0 Å². The standard InChI is InChI=1S/C20H18N4O8/c1-31-15-6-4-3-5-13(15)21-17(25)10-23-19(27)14(22-20(23)28)8-11-7-12(24(29)30)9-16(32-2)18(11)26/h3-9,26H,10H2,1-2H3,(H,21,25)(H,22,28)/b14-8+. The SMILES string of the molecule is COc1ccccc1NC(=O)CN1C(=O)N/C(=C/c2cc([N+](=O)[O-])cc(OC)c2O)C1=O. The van der Waals surface area contributed by atoms with Gasteiger partial charge in [-0.05, 0) is 18.2 Å². The lowest BCUT2D eigenvalue weighted by atomic mass is 10.1. The number of nitro groups is 1. The van der Waals surface area contributed by atoms with Crippen LogP contribution in [0, 0.1) is 10.1 Å². The summed E-state index contributed by atoms with van der Waals surface area (Å²) < 4.78 is 10.0. The van der Waals surface area contributed by atoms with E-state index >= 15 is 0 Å². The minimum Gasteiger partial charge on any atom is -0.504 e. The van der Waals surface area contributed by atoms with Crippen LogP contribution in [0.4, 0.5) is 16.2 Å². The Kier molecular flexibility index (Phi) is 6.24. The molecule has 0 aliphatic carbocycles. The van der Waals surface area contributed by atoms with E-state index in [1.165, 1.54) is 14.2 Å². The van der Waals surface area contributed by atoms with Crippen molar-refractivity contribution in [2.45, 2.75) is 0 Å². The molecule has 0 unspecified atom stereocenters. The summed E-state index contributed by atoms with van der Waals surface area (Å²) in [5, 5.41) is 26.2. The third kappa shape index (κ3) is 4.43. The second-order valence-corrected chi connectivity index (χ2v) is 6.47. The highest BCUT2D eigenvalue weighted by Gasteiger charge is 2.35. The van der Waals surface area contributed by atoms with Crippen molar-refractivity contribution in [2.75, 3.05) is 26.1 Å². The molecule has 1 saturated heterocycles. The van der Waals surface area contributed by atoms with Crippen LogP contribution in [0.5, 0.6) is 17.2 Å². The summed E-state index contributed by atoms with van der Waals surface area (Å²) in [6, 6.07) is 7.76. The number of aromatic hydroxyl groups is 1. The number of nitrogens with one attached hydrogen (secondary N) is 2. The molecule has 0 saturated carbocycles. The summed E-state index contributed by atoms with van der Waals surface area (Å²) in [7, 11) is 2.64. The average molecular weight is 442 g/mol. The number of hydrogen-bond donors (Lipinski definition) is 3. The van der Waals surface area contributed by atoms with Crippen LogP contribution in [0.2, 0.25) is 0 Å². The van der Waals surface area contributed by atoms with Crippen LogP contribution in [-0.4, -0.2) is 53.5 Å². The first-order valence-electron chi connectivity index (χ1n) is 9.08. The van der Waals surface area contributed by atoms with Gasteiger partial charge in [0.2, 0.25) is 5.91 Å². The van der Waals surface area contributed by atoms with Crippen molar-refractivity contribution < 1.29 is 33.9 Å². The van der Waals surface area contributed by atoms with Gasteiger partial charge in [0, 0.05) is 11.6 Å². The van der Waals surface area contributed by atoms with Gasteiger partial charge >= 0.3 is 6.03 Å². The maximum atomic E-state index is 12.6. The van der Waals surface area contributed by atoms with Crippen molar-refractivity contribution in [3.8, 4) is 17.2 Å². The molecule has 0 aromatic heterocycles. The predicted octanol–water partition coefficient (Wildman–Crippen LogP) is 1.85. The number of urea groups is 1. The second kappa shape index (κ2) is 9.04. The number of phenols is 1. The second-order valence-electron chi connectivity index (χ2n) is 6.47. The fraction of sp³-hybridized carbons (Fsp3) is 0.150. The number of rotatable bonds is 7. The van der Waals surface area contributed by atoms with E-state index in [2.05, 4.69) is 10.6 Å². The first-order chi connectivity index (χ1) is 15.2. The zero-order valence-electron chi connectivity index (χ0n) is 16.9. The van der Waals surface area contributed by atoms with Crippen molar-refractivity contribution in [1.82, 2.24) is 10.2 Å². The molecule has 12 nitrogen and oxygen atoms in total. The minimum absolute atomic E-state index is 0.125. The number of hydrogen-bond acceptors (Lipinski definition) is 8. The van der Waals surface area contributed by atoms with Gasteiger partial charge in [0.15, 0.2) is 11.5 Å². The molecule has 2 aromatic carbocycles. The average Bonchev–Trinajstić information content (AvgIpc) is 3.02. The van der Waals surface area contributed by atoms with Crippen LogP contribution in [0.15, 0.2) is 42.1 Å². The van der Waals surface area contributed by atoms with Gasteiger partial charge in [0.1, 0.15) is 18.0 Å². The minimum atomic E-state index is -0.867. The lowest BCUT2D eigenvalue weighted by Crippen LogP contribution is -2.38. The largest absolute Gasteiger partial charge is 0.504 e. The van der Waals surface area contributed by atoms with Crippen LogP contribution in [0.3, 0.4) is 0 Å². The fourth-order valence-electron chi connectivity index (χ4n) is 2.94. The third-order valence-corrected chi connectivity index (χ3v) is 4.46. The topological polar surface area (TPSA) is 160 Å². The van der Waals surface area contributed by atoms with E-state index in [0.717, 1.165) is 18.2 Å². The van der Waals surface area contributed by atoms with Crippen LogP contribution in [0.1, 0.15) is 5.56 Å². The molecule has 0 spiro atoms. The summed E-state index contributed by atoms with van der Waals surface area (Å²) >= 11 is 0. The Balaban J connectivity index is 1.82. The number of nitrogens with zero attached hydrogens (tertiary/aromatic N) is 2. The van der Waals surface area contributed by atoms with Crippen LogP contribution < -0.4 is 20.1 Å². The van der Waals surface area contributed by atoms with Crippen LogP contribution >= 0.6 is 0 Å². The number of imide groups is 1. The highest BCUT2D eigenvalue weighted by atomic mass is 16.6. The molecular weight excluding hydrogens is 424 g/mol. The Labute approximate surface area is 181 Å². The van der Waals surface area contributed by atoms with Gasteiger partial charge in [-0.25, -0.2) is 9.69 Å². The summed E-state index contributed by atoms with van der Waals surface area (Å²) in [5.41, 5.74) is -0.439. The van der Waals surface area contributed by atoms with Crippen molar-refractivity contribution in [1.29, 1.82) is 0 Å². The van der Waals surface area contributed by atoms with Crippen LogP contribution in [-0.2, 0) is 9.59 Å². The highest BCUT2D eigenvalue weighted by Crippen LogP contribution is 2.36. The Morgan fingerprint density at radius 2 is 1.91 bits per heavy atom. The molecule has 0 radical (unpaired) electrons. The number of amides is 4. The monoisotopic (exact) mass is 442 g/mol. The number of non-ortho nitro benzene ring substituents is 1. The Morgan fingerprint density at radius 1 is 1.22 bits per heavy atom. The molecule has 0 atom stereocenters. The predicted molar refractivity (Wildman–Crippen MR) is 111 cm³/mol. The van der Waals surface area contributed by atoms with E-state index in [0.29, 0.717) is 16.3 Å². The summed E-state index contributed by atoms with van der Waals surface area (Å²) in [5.74, 6) is -1.75. The van der Waals surface area contributed by atoms with E-state index < -0.39 is 40.8 Å². The first-order valence-corrected chi connectivity index (χ1v) is 9.08. The number of benzene rings is 2. The molecule has 1 fully saturated rings. The van der Waals surface area contributed by atoms with E-state index in [1.54, 1.807) is 24.3 Å². The molecule has 1 heterocycles. The molecule has 166 valence electrons. The third-order valence-electron chi connectivity index (χ3n) is 4.46. The Bertz CT molecular complexity index is 1140. The molecule has 32 heavy (non-hydrogen) atoms. The van der Waals surface area contributed by atoms with E-state index in [1.807, 2.05) is 0 Å². The zero-order valence-corrected chi connectivity index (χ0v) is 16.9. The maximum Gasteiger partial charge on any atom is 0.329 e. The van der Waals surface area contributed by atoms with Gasteiger partial charge in [0.25, 0.3) is 11.6 Å². The van der Waals surface area contributed by atoms with Gasteiger partial charge in [-0.1, -0.05) is 12.1 Å². The molecular formula is C20H18N4O8. The van der Waals surface area contributed by atoms with Gasteiger partial charge in [0.05, 0.1) is 30.9 Å². The van der Waals surface area contributed by atoms with Gasteiger partial charge in [-0.2, -0.15) is 0 Å². The molecule has 3 rings (SSSR count). The number of anilines is 1. The first kappa shape index (κ1) is 22.1. The maximum absolute atomic E-state index is 12.6. The lowest BCUT2D eigenvalue weighted by molar-refractivity contribution is -0.385. The summed E-state index contributed by atoms with van der Waals surface area (Å²) in [4.78, 5) is 48.3. The zero-order chi connectivity index (χ0) is 23.4. The fourth-order valence-corrected chi connectivity index (χ4v) is 2.94. The van der Waals surface area contributed by atoms with Crippen LogP contribution in [0.25, 0.3) is 6.08 Å². The van der Waals surface area contributed by atoms with Crippen molar-refractivity contribution in [2.24, 2.45) is 0 Å². The smallest absolute Gasteiger partial charge is 0.329 e. The summed E-state index contributed by atoms with van der Waals surface area (Å²) in [6.45, 7) is -0.593. The highest BCUT2D eigenvalue weighted by molar-refractivity contribution is 6.16. The number of ether oxygens (including phenoxy) is 2. The number of phenolic OH excluding ortho intramolecular Hbond substituents is 1. The number of carbonyl (C=O) groups excluding carboxylic acids is 3. The van der Waals surface area contributed by atoms with Gasteiger partial charge < -0.3 is 25.2 Å². The van der Waals surface area contributed by atoms with E-state index in [9.17, 15) is 29.6 Å². The number of nitro benzene ring substituents is 1. The Hall–Kier alpha value is -4.61. The molecule has 1 aliphatic rings. The molecule has 2 aromatic rings. The van der Waals surface area contributed by atoms with E-state index in [4.69, 9.17) is 9.47 Å².